The average molecular weight is 517 g/mol. The quantitative estimate of drug-likeness (QED) is 0.558. The molecular weight excluding hydrogens is 492 g/mol. The molecule has 1 aliphatic heterocycles. The molecule has 32 heavy (non-hydrogen) atoms. The van der Waals surface area contributed by atoms with Crippen LogP contribution in [-0.2, 0) is 11.3 Å². The van der Waals surface area contributed by atoms with E-state index < -0.39 is 0 Å². The molecule has 4 rings (SSSR count). The number of benzene rings is 1. The molecule has 168 valence electrons. The van der Waals surface area contributed by atoms with Crippen LogP contribution in [0.5, 0.6) is 0 Å². The van der Waals surface area contributed by atoms with Crippen LogP contribution in [0.25, 0.3) is 10.2 Å². The highest BCUT2D eigenvalue weighted by Crippen LogP contribution is 2.29. The van der Waals surface area contributed by atoms with Crippen LogP contribution in [0.1, 0.15) is 40.6 Å². The first kappa shape index (κ1) is 22.7. The maximum absolute atomic E-state index is 13.1. The van der Waals surface area contributed by atoms with Crippen molar-refractivity contribution in [2.75, 3.05) is 18.4 Å². The lowest BCUT2D eigenvalue weighted by atomic mass is 10.0. The van der Waals surface area contributed by atoms with Gasteiger partial charge < -0.3 is 10.2 Å². The van der Waals surface area contributed by atoms with Crippen molar-refractivity contribution in [1.82, 2.24) is 14.5 Å². The average Bonchev–Trinajstić information content (AvgIpc) is 3.09. The van der Waals surface area contributed by atoms with Gasteiger partial charge in [-0.15, -0.1) is 11.3 Å². The summed E-state index contributed by atoms with van der Waals surface area (Å²) >= 11 is 4.65. The van der Waals surface area contributed by atoms with Crippen molar-refractivity contribution in [3.05, 3.63) is 55.4 Å². The van der Waals surface area contributed by atoms with Crippen molar-refractivity contribution < 1.29 is 9.59 Å². The van der Waals surface area contributed by atoms with Gasteiger partial charge in [-0.2, -0.15) is 0 Å². The fourth-order valence-electron chi connectivity index (χ4n) is 4.05. The van der Waals surface area contributed by atoms with Gasteiger partial charge in [-0.25, -0.2) is 4.98 Å². The van der Waals surface area contributed by atoms with E-state index in [1.165, 1.54) is 22.2 Å². The third-order valence-electron chi connectivity index (χ3n) is 5.81. The molecule has 0 bridgehead atoms. The van der Waals surface area contributed by atoms with E-state index in [2.05, 4.69) is 33.2 Å². The SMILES string of the molecule is Cc1ccc(NC(=O)c2sc3ncn(CC(=O)N4CCC[C@H](C)C4)c(=O)c3c2C)c(Br)c1. The van der Waals surface area contributed by atoms with Gasteiger partial charge in [0.25, 0.3) is 11.5 Å². The monoisotopic (exact) mass is 516 g/mol. The van der Waals surface area contributed by atoms with Crippen LogP contribution in [0, 0.1) is 19.8 Å². The number of piperidine rings is 1. The summed E-state index contributed by atoms with van der Waals surface area (Å²) in [5, 5.41) is 3.29. The van der Waals surface area contributed by atoms with Gasteiger partial charge in [0.05, 0.1) is 22.3 Å². The molecule has 7 nitrogen and oxygen atoms in total. The van der Waals surface area contributed by atoms with Crippen LogP contribution in [0.15, 0.2) is 33.8 Å². The minimum atomic E-state index is -0.294. The zero-order valence-electron chi connectivity index (χ0n) is 18.3. The molecule has 0 aliphatic carbocycles. The standard InChI is InChI=1S/C23H25BrN4O3S/c1-13-6-7-17(16(24)9-13)26-21(30)20-15(3)19-22(32-20)25-12-28(23(19)31)11-18(29)27-8-4-5-14(2)10-27/h6-7,9,12,14H,4-5,8,10-11H2,1-3H3,(H,26,30)/t14-/m0/s1. The molecule has 2 amide bonds. The van der Waals surface area contributed by atoms with Gasteiger partial charge in [0.2, 0.25) is 5.91 Å². The number of nitrogens with one attached hydrogen (secondary N) is 1. The third-order valence-corrected chi connectivity index (χ3v) is 7.67. The van der Waals surface area contributed by atoms with E-state index in [0.717, 1.165) is 36.0 Å². The van der Waals surface area contributed by atoms with Crippen LogP contribution in [0.3, 0.4) is 0 Å². The molecule has 1 saturated heterocycles. The number of carbonyl (C=O) groups is 2. The molecule has 0 saturated carbocycles. The maximum Gasteiger partial charge on any atom is 0.266 e. The number of halogens is 1. The fourth-order valence-corrected chi connectivity index (χ4v) is 5.68. The molecule has 3 heterocycles. The van der Waals surface area contributed by atoms with Gasteiger partial charge in [0.1, 0.15) is 11.4 Å². The Kier molecular flexibility index (Phi) is 6.48. The Labute approximate surface area is 198 Å². The second-order valence-corrected chi connectivity index (χ2v) is 10.3. The van der Waals surface area contributed by atoms with Gasteiger partial charge in [-0.05, 0) is 71.8 Å². The highest BCUT2D eigenvalue weighted by Gasteiger charge is 2.23. The van der Waals surface area contributed by atoms with E-state index >= 15 is 0 Å². The first-order valence-corrected chi connectivity index (χ1v) is 12.2. The molecule has 0 radical (unpaired) electrons. The number of likely N-dealkylation sites (tertiary alicyclic amines) is 1. The second-order valence-electron chi connectivity index (χ2n) is 8.44. The number of hydrogen-bond donors (Lipinski definition) is 1. The van der Waals surface area contributed by atoms with Crippen molar-refractivity contribution >= 4 is 55.0 Å². The number of nitrogens with zero attached hydrogens (tertiary/aromatic N) is 3. The van der Waals surface area contributed by atoms with E-state index in [0.29, 0.717) is 32.3 Å². The van der Waals surface area contributed by atoms with Crippen LogP contribution < -0.4 is 10.9 Å². The minimum absolute atomic E-state index is 0.0401. The number of amides is 2. The predicted octanol–water partition coefficient (Wildman–Crippen LogP) is 4.35. The summed E-state index contributed by atoms with van der Waals surface area (Å²) in [5.74, 6) is 0.105. The van der Waals surface area contributed by atoms with Crippen LogP contribution >= 0.6 is 27.3 Å². The highest BCUT2D eigenvalue weighted by molar-refractivity contribution is 9.10. The molecule has 1 fully saturated rings. The molecule has 1 atom stereocenters. The Bertz CT molecular complexity index is 1270. The number of aromatic nitrogens is 2. The fraction of sp³-hybridized carbons (Fsp3) is 0.391. The Balaban J connectivity index is 1.60. The molecular formula is C23H25BrN4O3S. The second kappa shape index (κ2) is 9.15. The van der Waals surface area contributed by atoms with Gasteiger partial charge in [0, 0.05) is 17.6 Å². The molecule has 1 aliphatic rings. The minimum Gasteiger partial charge on any atom is -0.341 e. The summed E-state index contributed by atoms with van der Waals surface area (Å²) < 4.78 is 2.14. The smallest absolute Gasteiger partial charge is 0.266 e. The number of thiophene rings is 1. The predicted molar refractivity (Wildman–Crippen MR) is 130 cm³/mol. The molecule has 2 aromatic heterocycles. The molecule has 3 aromatic rings. The van der Waals surface area contributed by atoms with Crippen molar-refractivity contribution in [1.29, 1.82) is 0 Å². The highest BCUT2D eigenvalue weighted by atomic mass is 79.9. The third kappa shape index (κ3) is 4.49. The largest absolute Gasteiger partial charge is 0.341 e. The van der Waals surface area contributed by atoms with Crippen LogP contribution in [0.2, 0.25) is 0 Å². The molecule has 0 unspecified atom stereocenters. The first-order chi connectivity index (χ1) is 15.2. The molecule has 1 aromatic carbocycles. The van der Waals surface area contributed by atoms with Crippen molar-refractivity contribution in [2.24, 2.45) is 5.92 Å². The first-order valence-electron chi connectivity index (χ1n) is 10.6. The number of hydrogen-bond acceptors (Lipinski definition) is 5. The molecule has 9 heteroatoms. The van der Waals surface area contributed by atoms with Gasteiger partial charge >= 0.3 is 0 Å². The van der Waals surface area contributed by atoms with Crippen LogP contribution in [0.4, 0.5) is 5.69 Å². The van der Waals surface area contributed by atoms with Crippen molar-refractivity contribution in [3.63, 3.8) is 0 Å². The summed E-state index contributed by atoms with van der Waals surface area (Å²) in [6.45, 7) is 7.26. The van der Waals surface area contributed by atoms with Crippen molar-refractivity contribution in [2.45, 2.75) is 40.2 Å². The lowest BCUT2D eigenvalue weighted by molar-refractivity contribution is -0.133. The number of anilines is 1. The van der Waals surface area contributed by atoms with E-state index in [1.807, 2.05) is 30.0 Å². The topological polar surface area (TPSA) is 84.3 Å². The van der Waals surface area contributed by atoms with Gasteiger partial charge in [-0.1, -0.05) is 13.0 Å². The van der Waals surface area contributed by atoms with Crippen LogP contribution in [-0.4, -0.2) is 39.4 Å². The Morgan fingerprint density at radius 2 is 2.09 bits per heavy atom. The number of rotatable bonds is 4. The van der Waals surface area contributed by atoms with Gasteiger partial charge in [0.15, 0.2) is 0 Å². The Morgan fingerprint density at radius 3 is 2.81 bits per heavy atom. The van der Waals surface area contributed by atoms with E-state index in [1.54, 1.807) is 6.92 Å². The summed E-state index contributed by atoms with van der Waals surface area (Å²) in [7, 11) is 0. The maximum atomic E-state index is 13.1. The number of carbonyl (C=O) groups excluding carboxylic acids is 2. The summed E-state index contributed by atoms with van der Waals surface area (Å²) in [6.07, 6.45) is 3.51. The Morgan fingerprint density at radius 1 is 1.31 bits per heavy atom. The normalized spacial score (nSPS) is 16.4. The molecule has 0 spiro atoms. The number of fused-ring (bicyclic) bond motifs is 1. The zero-order valence-corrected chi connectivity index (χ0v) is 20.7. The van der Waals surface area contributed by atoms with Gasteiger partial charge in [-0.3, -0.25) is 19.0 Å². The zero-order chi connectivity index (χ0) is 23.0. The Hall–Kier alpha value is -2.52. The summed E-state index contributed by atoms with van der Waals surface area (Å²) in [4.78, 5) is 45.9. The van der Waals surface area contributed by atoms with Crippen molar-refractivity contribution in [3.8, 4) is 0 Å². The summed E-state index contributed by atoms with van der Waals surface area (Å²) in [6, 6.07) is 5.67. The van der Waals surface area contributed by atoms with E-state index in [4.69, 9.17) is 0 Å². The lowest BCUT2D eigenvalue weighted by Gasteiger charge is -2.31. The van der Waals surface area contributed by atoms with E-state index in [9.17, 15) is 14.4 Å². The number of aryl methyl sites for hydroxylation is 2. The summed E-state index contributed by atoms with van der Waals surface area (Å²) in [5.41, 5.74) is 2.02. The lowest BCUT2D eigenvalue weighted by Crippen LogP contribution is -2.42. The molecule has 1 N–H and O–H groups in total. The van der Waals surface area contributed by atoms with E-state index in [-0.39, 0.29) is 23.9 Å².